The van der Waals surface area contributed by atoms with Gasteiger partial charge < -0.3 is 24.6 Å². The summed E-state index contributed by atoms with van der Waals surface area (Å²) in [4.78, 5) is 22.7. The van der Waals surface area contributed by atoms with E-state index in [1.807, 2.05) is 18.2 Å². The Hall–Kier alpha value is -1.60. The average molecular weight is 398 g/mol. The van der Waals surface area contributed by atoms with Crippen LogP contribution in [0.3, 0.4) is 0 Å². The number of rotatable bonds is 6. The van der Waals surface area contributed by atoms with Gasteiger partial charge in [0.1, 0.15) is 0 Å². The number of aromatic nitrogens is 1. The summed E-state index contributed by atoms with van der Waals surface area (Å²) in [5, 5.41) is 4.21. The summed E-state index contributed by atoms with van der Waals surface area (Å²) in [6.45, 7) is 0.495. The first kappa shape index (κ1) is 21.7. The van der Waals surface area contributed by atoms with Gasteiger partial charge in [-0.05, 0) is 29.8 Å². The summed E-state index contributed by atoms with van der Waals surface area (Å²) >= 11 is 0. The van der Waals surface area contributed by atoms with Crippen molar-refractivity contribution in [2.75, 3.05) is 19.5 Å². The van der Waals surface area contributed by atoms with Gasteiger partial charge in [-0.2, -0.15) is 0 Å². The zero-order valence-corrected chi connectivity index (χ0v) is 15.2. The number of benzene rings is 2. The number of nitrogens with zero attached hydrogens (tertiary/aromatic N) is 1. The first-order valence-corrected chi connectivity index (χ1v) is 9.43. The fourth-order valence-electron chi connectivity index (χ4n) is 2.63. The molecule has 0 bridgehead atoms. The van der Waals surface area contributed by atoms with E-state index in [1.165, 1.54) is 12.1 Å². The third kappa shape index (κ3) is 5.02. The molecular formula is C18H20N2NaO5P. The molecule has 1 aromatic heterocycles. The predicted octanol–water partition coefficient (Wildman–Crippen LogP) is 2.02. The van der Waals surface area contributed by atoms with E-state index in [9.17, 15) is 4.57 Å². The quantitative estimate of drug-likeness (QED) is 0.431. The molecule has 0 fully saturated rings. The predicted molar refractivity (Wildman–Crippen MR) is 107 cm³/mol. The van der Waals surface area contributed by atoms with Gasteiger partial charge in [0.05, 0.1) is 25.0 Å². The zero-order valence-electron chi connectivity index (χ0n) is 14.3. The van der Waals surface area contributed by atoms with Gasteiger partial charge in [0.15, 0.2) is 11.5 Å². The molecule has 0 saturated heterocycles. The number of hydrogen-bond acceptors (Lipinski definition) is 5. The van der Waals surface area contributed by atoms with Gasteiger partial charge in [-0.1, -0.05) is 12.1 Å². The fourth-order valence-corrected chi connectivity index (χ4v) is 3.17. The van der Waals surface area contributed by atoms with Crippen LogP contribution >= 0.6 is 7.60 Å². The summed E-state index contributed by atoms with van der Waals surface area (Å²) in [7, 11) is -1.06. The second-order valence-electron chi connectivity index (χ2n) is 5.65. The first-order valence-electron chi connectivity index (χ1n) is 7.82. The van der Waals surface area contributed by atoms with Crippen LogP contribution in [0.2, 0.25) is 0 Å². The van der Waals surface area contributed by atoms with Crippen molar-refractivity contribution in [2.24, 2.45) is 0 Å². The number of fused-ring (bicyclic) bond motifs is 1. The number of anilines is 1. The van der Waals surface area contributed by atoms with Gasteiger partial charge in [0, 0.05) is 29.9 Å². The van der Waals surface area contributed by atoms with E-state index >= 15 is 0 Å². The molecule has 1 heterocycles. The Balaban J connectivity index is 0.00000261. The molecule has 0 unspecified atom stereocenters. The van der Waals surface area contributed by atoms with Crippen LogP contribution in [-0.4, -0.2) is 58.5 Å². The molecule has 0 aliphatic heterocycles. The Morgan fingerprint density at radius 2 is 1.67 bits per heavy atom. The van der Waals surface area contributed by atoms with Crippen LogP contribution in [0.5, 0.6) is 11.5 Å². The van der Waals surface area contributed by atoms with E-state index in [-0.39, 0.29) is 34.9 Å². The van der Waals surface area contributed by atoms with Gasteiger partial charge >= 0.3 is 37.2 Å². The summed E-state index contributed by atoms with van der Waals surface area (Å²) in [5.74, 6) is 1.22. The number of hydrogen-bond donors (Lipinski definition) is 3. The van der Waals surface area contributed by atoms with Crippen molar-refractivity contribution in [2.45, 2.75) is 6.54 Å². The van der Waals surface area contributed by atoms with Crippen LogP contribution in [0, 0.1) is 0 Å². The third-order valence-corrected chi connectivity index (χ3v) is 4.97. The molecule has 9 heteroatoms. The van der Waals surface area contributed by atoms with Crippen LogP contribution < -0.4 is 20.1 Å². The number of methoxy groups -OCH3 is 2. The average Bonchev–Trinajstić information content (AvgIpc) is 2.64. The van der Waals surface area contributed by atoms with Crippen molar-refractivity contribution in [1.82, 2.24) is 4.98 Å². The number of ether oxygens (including phenoxy) is 2. The van der Waals surface area contributed by atoms with Gasteiger partial charge in [0.2, 0.25) is 0 Å². The van der Waals surface area contributed by atoms with Crippen molar-refractivity contribution < 1.29 is 23.8 Å². The van der Waals surface area contributed by atoms with E-state index in [4.69, 9.17) is 19.3 Å². The Morgan fingerprint density at radius 1 is 1.04 bits per heavy atom. The topological polar surface area (TPSA) is 101 Å². The maximum absolute atomic E-state index is 11.2. The van der Waals surface area contributed by atoms with E-state index in [1.54, 1.807) is 32.5 Å². The normalized spacial score (nSPS) is 11.0. The molecule has 0 aliphatic carbocycles. The van der Waals surface area contributed by atoms with E-state index in [2.05, 4.69) is 10.3 Å². The third-order valence-electron chi connectivity index (χ3n) is 4.00. The monoisotopic (exact) mass is 398 g/mol. The SMILES string of the molecule is COc1cc2nccc(NCc3ccc(P(=O)(O)O)cc3)c2cc1OC.[NaH]. The Morgan fingerprint density at radius 3 is 2.26 bits per heavy atom. The molecule has 3 N–H and O–H groups in total. The molecule has 27 heavy (non-hydrogen) atoms. The molecule has 2 aromatic carbocycles. The van der Waals surface area contributed by atoms with Crippen LogP contribution in [0.4, 0.5) is 5.69 Å². The van der Waals surface area contributed by atoms with Gasteiger partial charge in [-0.15, -0.1) is 0 Å². The summed E-state index contributed by atoms with van der Waals surface area (Å²) < 4.78 is 21.9. The Labute approximate surface area is 179 Å². The molecule has 0 spiro atoms. The van der Waals surface area contributed by atoms with Crippen molar-refractivity contribution >= 4 is 59.0 Å². The fraction of sp³-hybridized carbons (Fsp3) is 0.167. The minimum atomic E-state index is -4.22. The summed E-state index contributed by atoms with van der Waals surface area (Å²) in [5.41, 5.74) is 2.53. The van der Waals surface area contributed by atoms with Crippen molar-refractivity contribution in [3.8, 4) is 11.5 Å². The van der Waals surface area contributed by atoms with Crippen LogP contribution in [0.1, 0.15) is 5.56 Å². The summed E-state index contributed by atoms with van der Waals surface area (Å²) in [6.07, 6.45) is 1.70. The van der Waals surface area contributed by atoms with Crippen LogP contribution in [0.15, 0.2) is 48.7 Å². The molecule has 0 radical (unpaired) electrons. The van der Waals surface area contributed by atoms with Crippen molar-refractivity contribution in [3.63, 3.8) is 0 Å². The maximum atomic E-state index is 11.2. The van der Waals surface area contributed by atoms with E-state index in [0.717, 1.165) is 22.2 Å². The van der Waals surface area contributed by atoms with Crippen LogP contribution in [-0.2, 0) is 11.1 Å². The van der Waals surface area contributed by atoms with Gasteiger partial charge in [-0.3, -0.25) is 9.55 Å². The minimum absolute atomic E-state index is 0. The van der Waals surface area contributed by atoms with Crippen molar-refractivity contribution in [1.29, 1.82) is 0 Å². The summed E-state index contributed by atoms with van der Waals surface area (Å²) in [6, 6.07) is 11.8. The molecular weight excluding hydrogens is 378 g/mol. The molecule has 7 nitrogen and oxygen atoms in total. The molecule has 3 rings (SSSR count). The number of nitrogens with one attached hydrogen (secondary N) is 1. The Bertz CT molecular complexity index is 975. The van der Waals surface area contributed by atoms with E-state index in [0.29, 0.717) is 18.0 Å². The van der Waals surface area contributed by atoms with Gasteiger partial charge in [0.25, 0.3) is 0 Å². The molecule has 3 aromatic rings. The van der Waals surface area contributed by atoms with Crippen LogP contribution in [0.25, 0.3) is 10.9 Å². The first-order chi connectivity index (χ1) is 12.4. The molecule has 0 aliphatic rings. The Kier molecular flexibility index (Phi) is 7.28. The standard InChI is InChI=1S/C18H19N2O5P.Na.H/c1-24-17-9-14-15(7-8-19-16(14)10-18(17)25-2)20-11-12-3-5-13(6-4-12)26(21,22)23;;/h3-10H,11H2,1-2H3,(H,19,20)(H2,21,22,23);;. The van der Waals surface area contributed by atoms with Gasteiger partial charge in [-0.25, -0.2) is 0 Å². The molecule has 0 amide bonds. The molecule has 138 valence electrons. The molecule has 0 atom stereocenters. The second kappa shape index (κ2) is 9.06. The van der Waals surface area contributed by atoms with Crippen molar-refractivity contribution in [3.05, 3.63) is 54.2 Å². The van der Waals surface area contributed by atoms with E-state index < -0.39 is 7.60 Å². The second-order valence-corrected chi connectivity index (χ2v) is 7.25. The number of pyridine rings is 1. The zero-order chi connectivity index (χ0) is 18.7. The molecule has 0 saturated carbocycles.